The first-order valence-corrected chi connectivity index (χ1v) is 8.69. The summed E-state index contributed by atoms with van der Waals surface area (Å²) < 4.78 is 1.88. The number of fused-ring (bicyclic) bond motifs is 1. The van der Waals surface area contributed by atoms with E-state index in [9.17, 15) is 0 Å². The summed E-state index contributed by atoms with van der Waals surface area (Å²) in [5.74, 6) is 1.38. The van der Waals surface area contributed by atoms with Crippen molar-refractivity contribution in [2.75, 3.05) is 5.32 Å². The number of hydrogen-bond donors (Lipinski definition) is 1. The van der Waals surface area contributed by atoms with Crippen LogP contribution < -0.4 is 5.32 Å². The summed E-state index contributed by atoms with van der Waals surface area (Å²) in [7, 11) is 0. The number of nitrogens with one attached hydrogen (secondary N) is 1. The Hall–Kier alpha value is -2.70. The molecular formula is C18H14Cl2N6. The summed E-state index contributed by atoms with van der Waals surface area (Å²) in [6.45, 7) is 1.06. The number of halogens is 2. The molecule has 2 aromatic rings. The number of hydrogen-bond acceptors (Lipinski definition) is 5. The molecule has 0 saturated heterocycles. The summed E-state index contributed by atoms with van der Waals surface area (Å²) >= 11 is 12.6. The molecule has 1 aromatic carbocycles. The molecule has 0 saturated carbocycles. The van der Waals surface area contributed by atoms with Gasteiger partial charge in [-0.15, -0.1) is 0 Å². The molecule has 26 heavy (non-hydrogen) atoms. The van der Waals surface area contributed by atoms with E-state index in [0.29, 0.717) is 40.5 Å². The van der Waals surface area contributed by atoms with E-state index in [2.05, 4.69) is 25.3 Å². The van der Waals surface area contributed by atoms with Crippen molar-refractivity contribution >= 4 is 29.0 Å². The molecule has 3 heterocycles. The maximum atomic E-state index is 6.28. The molecule has 130 valence electrons. The summed E-state index contributed by atoms with van der Waals surface area (Å²) in [6.07, 6.45) is 6.78. The molecular weight excluding hydrogens is 371 g/mol. The standard InChI is InChI=1S/C18H14Cl2N6/c19-14-4-1-5-15(20)13(14)9-26-11-25-17(16-18(26)24-10-23-16)22-8-12-3-2-6-21-7-12/h1-7,10-11,22H,8-9H2. The van der Waals surface area contributed by atoms with Gasteiger partial charge in [-0.2, -0.15) is 0 Å². The Kier molecular flexibility index (Phi) is 4.69. The molecule has 0 atom stereocenters. The number of pyridine rings is 1. The van der Waals surface area contributed by atoms with Crippen molar-refractivity contribution in [3.63, 3.8) is 0 Å². The Morgan fingerprint density at radius 2 is 1.85 bits per heavy atom. The molecule has 0 fully saturated rings. The normalized spacial score (nSPS) is 11.0. The summed E-state index contributed by atoms with van der Waals surface area (Å²) in [6, 6.07) is 9.34. The lowest BCUT2D eigenvalue weighted by atomic mass is 10.2. The van der Waals surface area contributed by atoms with Crippen LogP contribution in [0.4, 0.5) is 5.82 Å². The maximum absolute atomic E-state index is 6.28. The van der Waals surface area contributed by atoms with E-state index in [-0.39, 0.29) is 0 Å². The number of benzene rings is 1. The molecule has 0 aliphatic carbocycles. The van der Waals surface area contributed by atoms with Crippen LogP contribution in [0.3, 0.4) is 0 Å². The fraction of sp³-hybridized carbons (Fsp3) is 0.111. The average molecular weight is 385 g/mol. The van der Waals surface area contributed by atoms with E-state index < -0.39 is 0 Å². The Balaban J connectivity index is 1.61. The molecule has 1 aromatic heterocycles. The number of rotatable bonds is 5. The molecule has 8 heteroatoms. The lowest BCUT2D eigenvalue weighted by Gasteiger charge is -2.15. The van der Waals surface area contributed by atoms with E-state index in [1.54, 1.807) is 12.5 Å². The Bertz CT molecular complexity index is 982. The maximum Gasteiger partial charge on any atom is 0.165 e. The zero-order valence-electron chi connectivity index (χ0n) is 13.6. The minimum atomic E-state index is 0.462. The van der Waals surface area contributed by atoms with Crippen LogP contribution in [0, 0.1) is 0 Å². The predicted octanol–water partition coefficient (Wildman–Crippen LogP) is 4.14. The highest BCUT2D eigenvalue weighted by molar-refractivity contribution is 6.35. The first-order chi connectivity index (χ1) is 12.7. The van der Waals surface area contributed by atoms with Crippen molar-refractivity contribution in [1.29, 1.82) is 0 Å². The van der Waals surface area contributed by atoms with Crippen LogP contribution in [0.2, 0.25) is 10.0 Å². The van der Waals surface area contributed by atoms with Crippen LogP contribution in [0.25, 0.3) is 11.5 Å². The topological polar surface area (TPSA) is 68.5 Å². The Labute approximate surface area is 160 Å². The molecule has 1 N–H and O–H groups in total. The smallest absolute Gasteiger partial charge is 0.165 e. The summed E-state index contributed by atoms with van der Waals surface area (Å²) in [5.41, 5.74) is 2.57. The van der Waals surface area contributed by atoms with Gasteiger partial charge in [0.1, 0.15) is 6.33 Å². The Morgan fingerprint density at radius 1 is 1.00 bits per heavy atom. The first kappa shape index (κ1) is 16.8. The van der Waals surface area contributed by atoms with Gasteiger partial charge in [0.05, 0.1) is 12.9 Å². The quantitative estimate of drug-likeness (QED) is 0.559. The fourth-order valence-electron chi connectivity index (χ4n) is 2.67. The van der Waals surface area contributed by atoms with Crippen LogP contribution in [-0.4, -0.2) is 24.5 Å². The average Bonchev–Trinajstić information content (AvgIpc) is 3.15. The van der Waals surface area contributed by atoms with Gasteiger partial charge in [-0.3, -0.25) is 4.98 Å². The van der Waals surface area contributed by atoms with Gasteiger partial charge in [-0.1, -0.05) is 35.3 Å². The summed E-state index contributed by atoms with van der Waals surface area (Å²) in [4.78, 5) is 17.3. The van der Waals surface area contributed by atoms with E-state index in [1.165, 1.54) is 6.33 Å². The van der Waals surface area contributed by atoms with Crippen LogP contribution >= 0.6 is 23.2 Å². The minimum absolute atomic E-state index is 0.462. The second kappa shape index (κ2) is 7.27. The van der Waals surface area contributed by atoms with Gasteiger partial charge in [0.2, 0.25) is 0 Å². The second-order valence-electron chi connectivity index (χ2n) is 5.68. The van der Waals surface area contributed by atoms with Gasteiger partial charge in [-0.25, -0.2) is 15.0 Å². The van der Waals surface area contributed by atoms with Gasteiger partial charge in [0.25, 0.3) is 0 Å². The van der Waals surface area contributed by atoms with Gasteiger partial charge < -0.3 is 9.88 Å². The SMILES string of the molecule is Clc1cccc(Cl)c1Cn1cnc(NCc2cccnc2)c2ncnc1-2. The highest BCUT2D eigenvalue weighted by Crippen LogP contribution is 2.29. The zero-order chi connectivity index (χ0) is 17.9. The van der Waals surface area contributed by atoms with E-state index in [0.717, 1.165) is 11.1 Å². The lowest BCUT2D eigenvalue weighted by molar-refractivity contribution is 0.761. The van der Waals surface area contributed by atoms with E-state index in [4.69, 9.17) is 23.2 Å². The largest absolute Gasteiger partial charge is 0.364 e. The zero-order valence-corrected chi connectivity index (χ0v) is 15.1. The fourth-order valence-corrected chi connectivity index (χ4v) is 3.18. The lowest BCUT2D eigenvalue weighted by Crippen LogP contribution is -2.11. The molecule has 0 spiro atoms. The summed E-state index contributed by atoms with van der Waals surface area (Å²) in [5, 5.41) is 4.50. The van der Waals surface area contributed by atoms with Gasteiger partial charge in [0.15, 0.2) is 17.3 Å². The van der Waals surface area contributed by atoms with E-state index in [1.807, 2.05) is 41.1 Å². The van der Waals surface area contributed by atoms with Gasteiger partial charge in [-0.05, 0) is 23.8 Å². The van der Waals surface area contributed by atoms with Crippen molar-refractivity contribution in [3.8, 4) is 11.5 Å². The Morgan fingerprint density at radius 3 is 2.62 bits per heavy atom. The third kappa shape index (κ3) is 3.34. The number of aromatic nitrogens is 5. The second-order valence-corrected chi connectivity index (χ2v) is 6.50. The van der Waals surface area contributed by atoms with Crippen molar-refractivity contribution in [2.45, 2.75) is 13.1 Å². The molecule has 4 rings (SSSR count). The minimum Gasteiger partial charge on any atom is -0.364 e. The molecule has 0 bridgehead atoms. The van der Waals surface area contributed by atoms with Crippen LogP contribution in [0.15, 0.2) is 55.4 Å². The number of nitrogens with zero attached hydrogens (tertiary/aromatic N) is 5. The molecule has 0 unspecified atom stereocenters. The monoisotopic (exact) mass is 384 g/mol. The highest BCUT2D eigenvalue weighted by Gasteiger charge is 2.18. The third-order valence-corrected chi connectivity index (χ3v) is 4.68. The van der Waals surface area contributed by atoms with Crippen molar-refractivity contribution in [2.24, 2.45) is 0 Å². The van der Waals surface area contributed by atoms with Crippen LogP contribution in [-0.2, 0) is 13.1 Å². The van der Waals surface area contributed by atoms with Crippen molar-refractivity contribution in [1.82, 2.24) is 24.5 Å². The highest BCUT2D eigenvalue weighted by atomic mass is 35.5. The number of imidazole rings is 1. The van der Waals surface area contributed by atoms with Crippen molar-refractivity contribution in [3.05, 3.63) is 76.6 Å². The van der Waals surface area contributed by atoms with Gasteiger partial charge >= 0.3 is 0 Å². The van der Waals surface area contributed by atoms with Crippen LogP contribution in [0.5, 0.6) is 0 Å². The van der Waals surface area contributed by atoms with Crippen molar-refractivity contribution < 1.29 is 0 Å². The van der Waals surface area contributed by atoms with E-state index >= 15 is 0 Å². The first-order valence-electron chi connectivity index (χ1n) is 7.94. The molecule has 2 aliphatic rings. The molecule has 2 aliphatic heterocycles. The predicted molar refractivity (Wildman–Crippen MR) is 102 cm³/mol. The number of anilines is 1. The van der Waals surface area contributed by atoms with Crippen LogP contribution in [0.1, 0.15) is 11.1 Å². The molecule has 0 radical (unpaired) electrons. The molecule has 0 amide bonds. The third-order valence-electron chi connectivity index (χ3n) is 3.97. The van der Waals surface area contributed by atoms with Gasteiger partial charge in [0, 0.05) is 34.5 Å². The molecule has 6 nitrogen and oxygen atoms in total.